The van der Waals surface area contributed by atoms with Gasteiger partial charge in [0.15, 0.2) is 0 Å². The Labute approximate surface area is 329 Å². The summed E-state index contributed by atoms with van der Waals surface area (Å²) in [6.45, 7) is 9.23. The molecule has 0 bridgehead atoms. The molecule has 0 unspecified atom stereocenters. The van der Waals surface area contributed by atoms with Gasteiger partial charge in [0.05, 0.1) is 5.69 Å². The molecule has 10 rings (SSSR count). The van der Waals surface area contributed by atoms with E-state index >= 15 is 0 Å². The van der Waals surface area contributed by atoms with E-state index in [4.69, 9.17) is 4.42 Å². The molecule has 2 heteroatoms. The largest absolute Gasteiger partial charge is 0.456 e. The lowest BCUT2D eigenvalue weighted by Gasteiger charge is -2.29. The number of fused-ring (bicyclic) bond motifs is 6. The van der Waals surface area contributed by atoms with Gasteiger partial charge in [-0.2, -0.15) is 0 Å². The molecule has 0 aliphatic heterocycles. The molecule has 8 aromatic carbocycles. The molecule has 1 heterocycles. The van der Waals surface area contributed by atoms with Crippen LogP contribution in [0.3, 0.4) is 0 Å². The van der Waals surface area contributed by atoms with Crippen LogP contribution in [0.4, 0.5) is 17.1 Å². The third-order valence-corrected chi connectivity index (χ3v) is 11.9. The second-order valence-corrected chi connectivity index (χ2v) is 15.9. The Hall–Kier alpha value is -6.64. The van der Waals surface area contributed by atoms with E-state index in [0.29, 0.717) is 5.92 Å². The highest BCUT2D eigenvalue weighted by Crippen LogP contribution is 2.54. The van der Waals surface area contributed by atoms with Crippen LogP contribution in [0.1, 0.15) is 50.3 Å². The average Bonchev–Trinajstić information content (AvgIpc) is 3.74. The number of rotatable bonds is 7. The lowest BCUT2D eigenvalue weighted by molar-refractivity contribution is 0.660. The van der Waals surface area contributed by atoms with E-state index in [1.54, 1.807) is 0 Å². The van der Waals surface area contributed by atoms with Crippen molar-refractivity contribution in [1.29, 1.82) is 0 Å². The van der Waals surface area contributed by atoms with Crippen LogP contribution < -0.4 is 4.90 Å². The molecule has 0 N–H and O–H groups in total. The van der Waals surface area contributed by atoms with Crippen molar-refractivity contribution in [2.24, 2.45) is 0 Å². The SMILES string of the molecule is CC(C)c1ccc(N(c2ccc(-c3cccc4oc5ccccc5c34)cc2)c2ccc(-c3ccccc3)cc2-c2cccc3c2-c2ccccc2C3(C)C)cc1. The summed E-state index contributed by atoms with van der Waals surface area (Å²) < 4.78 is 6.27. The summed E-state index contributed by atoms with van der Waals surface area (Å²) in [5, 5.41) is 2.29. The van der Waals surface area contributed by atoms with E-state index in [9.17, 15) is 0 Å². The van der Waals surface area contributed by atoms with Gasteiger partial charge in [-0.1, -0.05) is 161 Å². The smallest absolute Gasteiger partial charge is 0.136 e. The molecule has 0 amide bonds. The first-order valence-electron chi connectivity index (χ1n) is 19.7. The van der Waals surface area contributed by atoms with Crippen LogP contribution in [0.5, 0.6) is 0 Å². The first kappa shape index (κ1) is 33.9. The quantitative estimate of drug-likeness (QED) is 0.163. The van der Waals surface area contributed by atoms with E-state index in [-0.39, 0.29) is 5.41 Å². The number of hydrogen-bond acceptors (Lipinski definition) is 2. The molecule has 0 spiro atoms. The highest BCUT2D eigenvalue weighted by atomic mass is 16.3. The van der Waals surface area contributed by atoms with Crippen LogP contribution in [-0.4, -0.2) is 0 Å². The predicted molar refractivity (Wildman–Crippen MR) is 236 cm³/mol. The Balaban J connectivity index is 1.20. The van der Waals surface area contributed by atoms with Gasteiger partial charge in [0.25, 0.3) is 0 Å². The zero-order valence-corrected chi connectivity index (χ0v) is 32.3. The molecule has 0 atom stereocenters. The summed E-state index contributed by atoms with van der Waals surface area (Å²) in [5.41, 5.74) is 18.9. The van der Waals surface area contributed by atoms with Gasteiger partial charge in [-0.15, -0.1) is 0 Å². The highest BCUT2D eigenvalue weighted by molar-refractivity contribution is 6.12. The molecule has 0 saturated carbocycles. The van der Waals surface area contributed by atoms with Gasteiger partial charge in [0, 0.05) is 33.1 Å². The number of hydrogen-bond donors (Lipinski definition) is 0. The lowest BCUT2D eigenvalue weighted by Crippen LogP contribution is -2.15. The highest BCUT2D eigenvalue weighted by Gasteiger charge is 2.37. The molecule has 9 aromatic rings. The van der Waals surface area contributed by atoms with E-state index < -0.39 is 0 Å². The first-order valence-corrected chi connectivity index (χ1v) is 19.7. The van der Waals surface area contributed by atoms with Crippen molar-refractivity contribution >= 4 is 39.0 Å². The number of furan rings is 1. The molecule has 1 aliphatic carbocycles. The maximum Gasteiger partial charge on any atom is 0.136 e. The fraction of sp³-hybridized carbons (Fsp3) is 0.111. The number of benzene rings is 8. The maximum absolute atomic E-state index is 6.27. The van der Waals surface area contributed by atoms with Crippen molar-refractivity contribution in [3.8, 4) is 44.5 Å². The van der Waals surface area contributed by atoms with Crippen molar-refractivity contribution in [2.45, 2.75) is 39.0 Å². The minimum atomic E-state index is -0.107. The molecule has 1 aromatic heterocycles. The molecular formula is C54H43NO. The molecule has 1 aliphatic rings. The zero-order valence-electron chi connectivity index (χ0n) is 32.3. The molecule has 0 radical (unpaired) electrons. The number of para-hydroxylation sites is 1. The number of anilines is 3. The van der Waals surface area contributed by atoms with Crippen LogP contribution in [0.25, 0.3) is 66.4 Å². The van der Waals surface area contributed by atoms with Crippen LogP contribution in [0, 0.1) is 0 Å². The van der Waals surface area contributed by atoms with Gasteiger partial charge < -0.3 is 9.32 Å². The van der Waals surface area contributed by atoms with Crippen LogP contribution in [-0.2, 0) is 5.41 Å². The van der Waals surface area contributed by atoms with Crippen molar-refractivity contribution < 1.29 is 4.42 Å². The summed E-state index contributed by atoms with van der Waals surface area (Å²) in [6, 6.07) is 66.5. The normalized spacial score (nSPS) is 12.9. The van der Waals surface area contributed by atoms with Crippen LogP contribution in [0.2, 0.25) is 0 Å². The van der Waals surface area contributed by atoms with Gasteiger partial charge in [0.1, 0.15) is 11.2 Å². The fourth-order valence-corrected chi connectivity index (χ4v) is 8.98. The summed E-state index contributed by atoms with van der Waals surface area (Å²) in [4.78, 5) is 2.44. The van der Waals surface area contributed by atoms with Crippen LogP contribution >= 0.6 is 0 Å². The van der Waals surface area contributed by atoms with Gasteiger partial charge in [-0.05, 0) is 110 Å². The Morgan fingerprint density at radius 2 is 1.07 bits per heavy atom. The Morgan fingerprint density at radius 1 is 0.464 bits per heavy atom. The molecule has 270 valence electrons. The van der Waals surface area contributed by atoms with Gasteiger partial charge >= 0.3 is 0 Å². The van der Waals surface area contributed by atoms with Crippen molar-refractivity contribution in [2.75, 3.05) is 4.90 Å². The predicted octanol–water partition coefficient (Wildman–Crippen LogP) is 15.5. The summed E-state index contributed by atoms with van der Waals surface area (Å²) in [5.74, 6) is 0.439. The van der Waals surface area contributed by atoms with E-state index in [1.165, 1.54) is 55.6 Å². The number of nitrogens with zero attached hydrogens (tertiary/aromatic N) is 1. The summed E-state index contributed by atoms with van der Waals surface area (Å²) in [7, 11) is 0. The van der Waals surface area contributed by atoms with Crippen molar-refractivity contribution in [3.63, 3.8) is 0 Å². The second-order valence-electron chi connectivity index (χ2n) is 15.9. The van der Waals surface area contributed by atoms with Crippen LogP contribution in [0.15, 0.2) is 186 Å². The third kappa shape index (κ3) is 5.47. The van der Waals surface area contributed by atoms with Gasteiger partial charge in [0.2, 0.25) is 0 Å². The minimum Gasteiger partial charge on any atom is -0.456 e. The molecular weight excluding hydrogens is 679 g/mol. The van der Waals surface area contributed by atoms with E-state index in [2.05, 4.69) is 202 Å². The Kier molecular flexibility index (Phi) is 8.04. The topological polar surface area (TPSA) is 16.4 Å². The minimum absolute atomic E-state index is 0.107. The monoisotopic (exact) mass is 721 g/mol. The van der Waals surface area contributed by atoms with E-state index in [0.717, 1.165) is 44.6 Å². The zero-order chi connectivity index (χ0) is 38.0. The Morgan fingerprint density at radius 3 is 1.86 bits per heavy atom. The maximum atomic E-state index is 6.27. The molecule has 2 nitrogen and oxygen atoms in total. The average molecular weight is 722 g/mol. The van der Waals surface area contributed by atoms with Gasteiger partial charge in [-0.25, -0.2) is 0 Å². The van der Waals surface area contributed by atoms with E-state index in [1.807, 2.05) is 12.1 Å². The second kappa shape index (κ2) is 13.3. The van der Waals surface area contributed by atoms with Crippen molar-refractivity contribution in [3.05, 3.63) is 199 Å². The van der Waals surface area contributed by atoms with Gasteiger partial charge in [-0.3, -0.25) is 0 Å². The first-order chi connectivity index (χ1) is 27.4. The fourth-order valence-electron chi connectivity index (χ4n) is 8.98. The molecule has 0 fully saturated rings. The lowest BCUT2D eigenvalue weighted by atomic mass is 9.82. The standard InChI is InChI=1S/C54H43NO/c1-35(2)36-24-29-40(30-25-36)55(41-31-26-38(27-32-41)42-18-13-23-51-53(42)45-17-9-11-22-50(45)56-51)49-33-28-39(37-14-6-5-7-15-37)34-46(49)43-19-12-21-48-52(43)44-16-8-10-20-47(44)54(48,3)4/h5-35H,1-4H3. The summed E-state index contributed by atoms with van der Waals surface area (Å²) >= 11 is 0. The Bertz CT molecular complexity index is 2890. The third-order valence-electron chi connectivity index (χ3n) is 11.9. The molecule has 0 saturated heterocycles. The molecule has 56 heavy (non-hydrogen) atoms. The van der Waals surface area contributed by atoms with Crippen molar-refractivity contribution in [1.82, 2.24) is 0 Å². The summed E-state index contributed by atoms with van der Waals surface area (Å²) in [6.07, 6.45) is 0.